The number of nitrogens with zero attached hydrogens (tertiary/aromatic N) is 3. The van der Waals surface area contributed by atoms with Gasteiger partial charge < -0.3 is 5.32 Å². The normalized spacial score (nSPS) is 16.8. The minimum absolute atomic E-state index is 0.0199. The lowest BCUT2D eigenvalue weighted by molar-refractivity contribution is -0.115. The van der Waals surface area contributed by atoms with Crippen LogP contribution >= 0.6 is 23.1 Å². The van der Waals surface area contributed by atoms with Gasteiger partial charge in [0.05, 0.1) is 11.9 Å². The Hall–Kier alpha value is -2.12. The molecular weight excluding hydrogens is 328 g/mol. The van der Waals surface area contributed by atoms with E-state index in [0.29, 0.717) is 5.69 Å². The molecule has 23 heavy (non-hydrogen) atoms. The number of thiophene rings is 1. The number of imidazole rings is 1. The molecule has 0 saturated carbocycles. The van der Waals surface area contributed by atoms with Gasteiger partial charge in [-0.1, -0.05) is 0 Å². The van der Waals surface area contributed by atoms with Crippen molar-refractivity contribution >= 4 is 34.7 Å². The van der Waals surface area contributed by atoms with Crippen molar-refractivity contribution in [1.82, 2.24) is 14.5 Å². The number of aryl methyl sites for hydroxylation is 1. The number of hydrogen-bond acceptors (Lipinski definition) is 5. The van der Waals surface area contributed by atoms with Gasteiger partial charge in [-0.2, -0.15) is 0 Å². The maximum Gasteiger partial charge on any atom is 0.242 e. The average molecular weight is 342 g/mol. The zero-order chi connectivity index (χ0) is 15.6. The highest BCUT2D eigenvalue weighted by Crippen LogP contribution is 2.39. The molecule has 0 fully saturated rings. The Balaban J connectivity index is 1.49. The third kappa shape index (κ3) is 2.89. The Morgan fingerprint density at radius 3 is 3.09 bits per heavy atom. The SMILES string of the molecule is O=C(Nc1ccc(-n2ccnc2)nc1)[C@H]1SCCc2sccc21. The molecule has 5 nitrogen and oxygen atoms in total. The average Bonchev–Trinajstić information content (AvgIpc) is 3.26. The lowest BCUT2D eigenvalue weighted by Gasteiger charge is -2.21. The molecule has 0 spiro atoms. The summed E-state index contributed by atoms with van der Waals surface area (Å²) in [6, 6.07) is 5.79. The fraction of sp³-hybridized carbons (Fsp3) is 0.188. The molecule has 0 saturated heterocycles. The minimum atomic E-state index is -0.127. The molecule has 3 aromatic heterocycles. The van der Waals surface area contributed by atoms with E-state index in [1.165, 1.54) is 4.88 Å². The largest absolute Gasteiger partial charge is 0.323 e. The molecule has 1 atom stereocenters. The van der Waals surface area contributed by atoms with E-state index in [1.54, 1.807) is 41.8 Å². The first-order valence-electron chi connectivity index (χ1n) is 7.24. The van der Waals surface area contributed by atoms with Crippen LogP contribution < -0.4 is 5.32 Å². The van der Waals surface area contributed by atoms with Crippen LogP contribution in [-0.4, -0.2) is 26.2 Å². The molecule has 1 amide bonds. The Morgan fingerprint density at radius 2 is 2.30 bits per heavy atom. The van der Waals surface area contributed by atoms with E-state index in [9.17, 15) is 4.79 Å². The van der Waals surface area contributed by atoms with Crippen LogP contribution in [0.15, 0.2) is 48.5 Å². The van der Waals surface area contributed by atoms with Crippen LogP contribution in [0.2, 0.25) is 0 Å². The number of aromatic nitrogens is 3. The van der Waals surface area contributed by atoms with E-state index >= 15 is 0 Å². The van der Waals surface area contributed by atoms with Crippen LogP contribution in [-0.2, 0) is 11.2 Å². The van der Waals surface area contributed by atoms with Crippen molar-refractivity contribution in [3.63, 3.8) is 0 Å². The van der Waals surface area contributed by atoms with Gasteiger partial charge in [-0.05, 0) is 41.3 Å². The summed E-state index contributed by atoms with van der Waals surface area (Å²) in [5.41, 5.74) is 1.87. The Bertz CT molecular complexity index is 811. The first kappa shape index (κ1) is 14.5. The number of carbonyl (C=O) groups is 1. The second-order valence-corrected chi connectivity index (χ2v) is 7.38. The van der Waals surface area contributed by atoms with Crippen molar-refractivity contribution in [2.24, 2.45) is 0 Å². The van der Waals surface area contributed by atoms with Crippen molar-refractivity contribution in [3.8, 4) is 5.82 Å². The smallest absolute Gasteiger partial charge is 0.242 e. The number of hydrogen-bond donors (Lipinski definition) is 1. The Labute approximate surface area is 141 Å². The predicted molar refractivity (Wildman–Crippen MR) is 93.2 cm³/mol. The van der Waals surface area contributed by atoms with Gasteiger partial charge in [-0.15, -0.1) is 23.1 Å². The highest BCUT2D eigenvalue weighted by molar-refractivity contribution is 8.00. The van der Waals surface area contributed by atoms with Crippen molar-refractivity contribution in [2.75, 3.05) is 11.1 Å². The van der Waals surface area contributed by atoms with Gasteiger partial charge in [0, 0.05) is 17.3 Å². The quantitative estimate of drug-likeness (QED) is 0.793. The number of anilines is 1. The molecule has 3 aromatic rings. The predicted octanol–water partition coefficient (Wildman–Crippen LogP) is 3.30. The van der Waals surface area contributed by atoms with Gasteiger partial charge in [-0.25, -0.2) is 9.97 Å². The fourth-order valence-corrected chi connectivity index (χ4v) is 4.87. The second-order valence-electron chi connectivity index (χ2n) is 5.16. The topological polar surface area (TPSA) is 59.8 Å². The number of rotatable bonds is 3. The van der Waals surface area contributed by atoms with E-state index in [4.69, 9.17) is 0 Å². The zero-order valence-electron chi connectivity index (χ0n) is 12.2. The van der Waals surface area contributed by atoms with Gasteiger partial charge in [0.15, 0.2) is 0 Å². The number of amides is 1. The summed E-state index contributed by atoms with van der Waals surface area (Å²) < 4.78 is 1.82. The van der Waals surface area contributed by atoms with Gasteiger partial charge in [-0.3, -0.25) is 9.36 Å². The van der Waals surface area contributed by atoms with Crippen LogP contribution in [0.1, 0.15) is 15.7 Å². The molecule has 4 heterocycles. The van der Waals surface area contributed by atoms with Crippen LogP contribution in [0, 0.1) is 0 Å². The van der Waals surface area contributed by atoms with Crippen molar-refractivity contribution in [1.29, 1.82) is 0 Å². The van der Waals surface area contributed by atoms with Crippen LogP contribution in [0.5, 0.6) is 0 Å². The van der Waals surface area contributed by atoms with Gasteiger partial charge in [0.25, 0.3) is 0 Å². The van der Waals surface area contributed by atoms with E-state index < -0.39 is 0 Å². The molecule has 1 aliphatic rings. The van der Waals surface area contributed by atoms with Crippen LogP contribution in [0.3, 0.4) is 0 Å². The number of thioether (sulfide) groups is 1. The molecule has 4 rings (SSSR count). The number of nitrogens with one attached hydrogen (secondary N) is 1. The maximum absolute atomic E-state index is 12.6. The lowest BCUT2D eigenvalue weighted by atomic mass is 10.1. The van der Waals surface area contributed by atoms with Crippen molar-refractivity contribution < 1.29 is 4.79 Å². The zero-order valence-corrected chi connectivity index (χ0v) is 13.8. The van der Waals surface area contributed by atoms with Crippen LogP contribution in [0.4, 0.5) is 5.69 Å². The molecular formula is C16H14N4OS2. The fourth-order valence-electron chi connectivity index (χ4n) is 2.58. The lowest BCUT2D eigenvalue weighted by Crippen LogP contribution is -2.22. The first-order valence-corrected chi connectivity index (χ1v) is 9.17. The van der Waals surface area contributed by atoms with Crippen molar-refractivity contribution in [2.45, 2.75) is 11.7 Å². The summed E-state index contributed by atoms with van der Waals surface area (Å²) in [5.74, 6) is 1.78. The highest BCUT2D eigenvalue weighted by Gasteiger charge is 2.28. The van der Waals surface area contributed by atoms with E-state index in [0.717, 1.165) is 23.6 Å². The minimum Gasteiger partial charge on any atom is -0.323 e. The molecule has 0 radical (unpaired) electrons. The second kappa shape index (κ2) is 6.17. The molecule has 0 unspecified atom stereocenters. The standard InChI is InChI=1S/C16H14N4OS2/c21-16(15-12-3-7-22-13(12)4-8-23-15)19-11-1-2-14(18-9-11)20-6-5-17-10-20/h1-3,5-7,9-10,15H,4,8H2,(H,19,21)/t15-/m0/s1. The summed E-state index contributed by atoms with van der Waals surface area (Å²) in [6.45, 7) is 0. The molecule has 7 heteroatoms. The summed E-state index contributed by atoms with van der Waals surface area (Å²) in [4.78, 5) is 22.3. The Morgan fingerprint density at radius 1 is 1.35 bits per heavy atom. The molecule has 116 valence electrons. The highest BCUT2D eigenvalue weighted by atomic mass is 32.2. The number of carbonyl (C=O) groups excluding carboxylic acids is 1. The third-order valence-corrected chi connectivity index (χ3v) is 5.94. The summed E-state index contributed by atoms with van der Waals surface area (Å²) >= 11 is 3.44. The van der Waals surface area contributed by atoms with Gasteiger partial charge in [0.1, 0.15) is 17.4 Å². The molecule has 1 N–H and O–H groups in total. The maximum atomic E-state index is 12.6. The molecule has 0 aliphatic carbocycles. The molecule has 0 aromatic carbocycles. The first-order chi connectivity index (χ1) is 11.3. The van der Waals surface area contributed by atoms with E-state index in [1.807, 2.05) is 22.9 Å². The monoisotopic (exact) mass is 342 g/mol. The summed E-state index contributed by atoms with van der Waals surface area (Å²) in [6.07, 6.45) is 7.96. The summed E-state index contributed by atoms with van der Waals surface area (Å²) in [5, 5.41) is 4.91. The van der Waals surface area contributed by atoms with E-state index in [2.05, 4.69) is 26.7 Å². The van der Waals surface area contributed by atoms with Crippen molar-refractivity contribution in [3.05, 3.63) is 58.9 Å². The van der Waals surface area contributed by atoms with E-state index in [-0.39, 0.29) is 11.2 Å². The number of pyridine rings is 1. The molecule has 1 aliphatic heterocycles. The third-order valence-electron chi connectivity index (χ3n) is 3.70. The molecule has 0 bridgehead atoms. The number of fused-ring (bicyclic) bond motifs is 1. The Kier molecular flexibility index (Phi) is 3.88. The summed E-state index contributed by atoms with van der Waals surface area (Å²) in [7, 11) is 0. The van der Waals surface area contributed by atoms with Gasteiger partial charge in [0.2, 0.25) is 5.91 Å². The van der Waals surface area contributed by atoms with Gasteiger partial charge >= 0.3 is 0 Å². The van der Waals surface area contributed by atoms with Crippen LogP contribution in [0.25, 0.3) is 5.82 Å².